The summed E-state index contributed by atoms with van der Waals surface area (Å²) in [6.07, 6.45) is 1.92. The minimum absolute atomic E-state index is 0.0485. The van der Waals surface area contributed by atoms with Crippen molar-refractivity contribution in [1.29, 1.82) is 0 Å². The van der Waals surface area contributed by atoms with Gasteiger partial charge in [0, 0.05) is 29.2 Å². The molecule has 1 aliphatic rings. The van der Waals surface area contributed by atoms with Gasteiger partial charge in [-0.2, -0.15) is 0 Å². The zero-order valence-corrected chi connectivity index (χ0v) is 21.9. The Morgan fingerprint density at radius 1 is 0.921 bits per heavy atom. The van der Waals surface area contributed by atoms with E-state index in [1.54, 1.807) is 17.0 Å². The number of aryl methyl sites for hydroxylation is 1. The van der Waals surface area contributed by atoms with Gasteiger partial charge >= 0.3 is 0 Å². The number of amides is 1. The van der Waals surface area contributed by atoms with Gasteiger partial charge in [0.05, 0.1) is 22.9 Å². The number of nitrogens with zero attached hydrogens (tertiary/aromatic N) is 4. The molecule has 190 valence electrons. The summed E-state index contributed by atoms with van der Waals surface area (Å²) in [6.45, 7) is 4.90. The second-order valence-corrected chi connectivity index (χ2v) is 10.0. The highest BCUT2D eigenvalue weighted by Gasteiger charge is 2.33. The maximum absolute atomic E-state index is 13.6. The SMILES string of the molecule is Cc1cc(/C=C2/SC(=NCc3ccccc3)N(Cc3ccccc3)C2=O)c(C)n1-c1ccc([N+](=O)[O-])cc1. The molecule has 7 nitrogen and oxygen atoms in total. The van der Waals surface area contributed by atoms with Gasteiger partial charge in [-0.15, -0.1) is 0 Å². The molecule has 1 fully saturated rings. The third kappa shape index (κ3) is 5.31. The van der Waals surface area contributed by atoms with E-state index in [9.17, 15) is 14.9 Å². The Hall–Kier alpha value is -4.43. The van der Waals surface area contributed by atoms with Crippen LogP contribution < -0.4 is 0 Å². The molecule has 1 amide bonds. The third-order valence-corrected chi connectivity index (χ3v) is 7.43. The second-order valence-electron chi connectivity index (χ2n) is 9.01. The summed E-state index contributed by atoms with van der Waals surface area (Å²) < 4.78 is 2.03. The number of carbonyl (C=O) groups is 1. The fourth-order valence-electron chi connectivity index (χ4n) is 4.47. The molecule has 0 radical (unpaired) electrons. The zero-order chi connectivity index (χ0) is 26.6. The predicted octanol–water partition coefficient (Wildman–Crippen LogP) is 6.68. The lowest BCUT2D eigenvalue weighted by atomic mass is 10.2. The van der Waals surface area contributed by atoms with Crippen LogP contribution in [-0.4, -0.2) is 25.5 Å². The Labute approximate surface area is 225 Å². The molecule has 5 rings (SSSR count). The number of amidine groups is 1. The minimum Gasteiger partial charge on any atom is -0.318 e. The third-order valence-electron chi connectivity index (χ3n) is 6.39. The van der Waals surface area contributed by atoms with Gasteiger partial charge in [-0.05, 0) is 66.6 Å². The van der Waals surface area contributed by atoms with Gasteiger partial charge in [-0.1, -0.05) is 60.7 Å². The smallest absolute Gasteiger partial charge is 0.269 e. The van der Waals surface area contributed by atoms with Crippen LogP contribution in [0.3, 0.4) is 0 Å². The van der Waals surface area contributed by atoms with E-state index >= 15 is 0 Å². The van der Waals surface area contributed by atoms with Crippen molar-refractivity contribution in [3.05, 3.63) is 134 Å². The summed E-state index contributed by atoms with van der Waals surface area (Å²) in [6, 6.07) is 28.4. The average molecular weight is 523 g/mol. The summed E-state index contributed by atoms with van der Waals surface area (Å²) in [5, 5.41) is 11.7. The first-order valence-electron chi connectivity index (χ1n) is 12.2. The number of hydrogen-bond donors (Lipinski definition) is 0. The number of aliphatic imine (C=N–C) groups is 1. The summed E-state index contributed by atoms with van der Waals surface area (Å²) >= 11 is 1.39. The van der Waals surface area contributed by atoms with E-state index < -0.39 is 4.92 Å². The second kappa shape index (κ2) is 10.9. The molecule has 38 heavy (non-hydrogen) atoms. The molecule has 0 aliphatic carbocycles. The Morgan fingerprint density at radius 2 is 1.55 bits per heavy atom. The van der Waals surface area contributed by atoms with Crippen LogP contribution in [0.1, 0.15) is 28.1 Å². The van der Waals surface area contributed by atoms with Gasteiger partial charge in [-0.25, -0.2) is 0 Å². The van der Waals surface area contributed by atoms with Crippen LogP contribution in [0, 0.1) is 24.0 Å². The summed E-state index contributed by atoms with van der Waals surface area (Å²) in [5.41, 5.74) is 5.83. The lowest BCUT2D eigenvalue weighted by Crippen LogP contribution is -2.28. The van der Waals surface area contributed by atoms with Crippen LogP contribution in [0.25, 0.3) is 11.8 Å². The number of thioether (sulfide) groups is 1. The molecule has 8 heteroatoms. The Morgan fingerprint density at radius 3 is 2.18 bits per heavy atom. The van der Waals surface area contributed by atoms with Crippen molar-refractivity contribution in [3.8, 4) is 5.69 Å². The highest BCUT2D eigenvalue weighted by molar-refractivity contribution is 8.18. The minimum atomic E-state index is -0.407. The molecule has 0 N–H and O–H groups in total. The number of rotatable bonds is 7. The molecular weight excluding hydrogens is 496 g/mol. The number of nitro groups is 1. The Bertz CT molecular complexity index is 1540. The van der Waals surface area contributed by atoms with Crippen molar-refractivity contribution in [1.82, 2.24) is 9.47 Å². The number of hydrogen-bond acceptors (Lipinski definition) is 5. The van der Waals surface area contributed by atoms with Crippen LogP contribution in [0.4, 0.5) is 5.69 Å². The van der Waals surface area contributed by atoms with E-state index in [0.717, 1.165) is 33.8 Å². The molecule has 0 saturated carbocycles. The van der Waals surface area contributed by atoms with Crippen molar-refractivity contribution >= 4 is 34.6 Å². The van der Waals surface area contributed by atoms with Gasteiger partial charge in [0.2, 0.25) is 0 Å². The zero-order valence-electron chi connectivity index (χ0n) is 21.1. The van der Waals surface area contributed by atoms with Crippen molar-refractivity contribution in [2.24, 2.45) is 4.99 Å². The molecule has 2 heterocycles. The van der Waals surface area contributed by atoms with Crippen LogP contribution in [0.5, 0.6) is 0 Å². The van der Waals surface area contributed by atoms with Crippen LogP contribution in [0.2, 0.25) is 0 Å². The standard InChI is InChI=1S/C30H26N4O3S/c1-21-17-25(22(2)33(21)26-13-15-27(16-14-26)34(36)37)18-28-29(35)32(20-24-11-7-4-8-12-24)30(38-28)31-19-23-9-5-3-6-10-23/h3-18H,19-20H2,1-2H3/b28-18+,31-30?. The molecule has 0 unspecified atom stereocenters. The molecular formula is C30H26N4O3S. The molecule has 3 aromatic carbocycles. The van der Waals surface area contributed by atoms with Crippen molar-refractivity contribution in [3.63, 3.8) is 0 Å². The highest BCUT2D eigenvalue weighted by atomic mass is 32.2. The maximum atomic E-state index is 13.6. The van der Waals surface area contributed by atoms with Gasteiger partial charge in [0.1, 0.15) is 0 Å². The van der Waals surface area contributed by atoms with Gasteiger partial charge in [0.15, 0.2) is 5.17 Å². The fraction of sp³-hybridized carbons (Fsp3) is 0.133. The van der Waals surface area contributed by atoms with Crippen LogP contribution >= 0.6 is 11.8 Å². The van der Waals surface area contributed by atoms with Gasteiger partial charge in [0.25, 0.3) is 11.6 Å². The highest BCUT2D eigenvalue weighted by Crippen LogP contribution is 2.35. The number of carbonyl (C=O) groups excluding carboxylic acids is 1. The first-order valence-corrected chi connectivity index (χ1v) is 13.0. The van der Waals surface area contributed by atoms with E-state index in [0.29, 0.717) is 23.2 Å². The summed E-state index contributed by atoms with van der Waals surface area (Å²) in [4.78, 5) is 31.4. The topological polar surface area (TPSA) is 80.7 Å². The Balaban J connectivity index is 1.47. The molecule has 0 bridgehead atoms. The molecule has 0 spiro atoms. The summed E-state index contributed by atoms with van der Waals surface area (Å²) in [5.74, 6) is -0.0780. The molecule has 1 aliphatic heterocycles. The van der Waals surface area contributed by atoms with Crippen molar-refractivity contribution in [2.45, 2.75) is 26.9 Å². The van der Waals surface area contributed by atoms with Gasteiger partial charge < -0.3 is 4.57 Å². The van der Waals surface area contributed by atoms with Crippen molar-refractivity contribution < 1.29 is 9.72 Å². The predicted molar refractivity (Wildman–Crippen MR) is 152 cm³/mol. The normalized spacial score (nSPS) is 15.5. The van der Waals surface area contributed by atoms with E-state index in [1.807, 2.05) is 91.2 Å². The number of nitro benzene ring substituents is 1. The molecule has 0 atom stereocenters. The monoisotopic (exact) mass is 522 g/mol. The van der Waals surface area contributed by atoms with E-state index in [2.05, 4.69) is 0 Å². The maximum Gasteiger partial charge on any atom is 0.269 e. The first-order chi connectivity index (χ1) is 18.4. The lowest BCUT2D eigenvalue weighted by molar-refractivity contribution is -0.384. The lowest BCUT2D eigenvalue weighted by Gasteiger charge is -2.15. The number of benzene rings is 3. The largest absolute Gasteiger partial charge is 0.318 e. The fourth-order valence-corrected chi connectivity index (χ4v) is 5.44. The quantitative estimate of drug-likeness (QED) is 0.154. The average Bonchev–Trinajstić information content (AvgIpc) is 3.38. The number of non-ortho nitro benzene ring substituents is 1. The molecule has 1 saturated heterocycles. The van der Waals surface area contributed by atoms with E-state index in [4.69, 9.17) is 4.99 Å². The van der Waals surface area contributed by atoms with E-state index in [1.165, 1.54) is 23.9 Å². The number of aromatic nitrogens is 1. The summed E-state index contributed by atoms with van der Waals surface area (Å²) in [7, 11) is 0. The first kappa shape index (κ1) is 25.2. The van der Waals surface area contributed by atoms with E-state index in [-0.39, 0.29) is 11.6 Å². The van der Waals surface area contributed by atoms with Crippen LogP contribution in [-0.2, 0) is 17.9 Å². The Kier molecular flexibility index (Phi) is 7.24. The molecule has 1 aromatic heterocycles. The molecule has 4 aromatic rings. The van der Waals surface area contributed by atoms with Gasteiger partial charge in [-0.3, -0.25) is 24.8 Å². The van der Waals surface area contributed by atoms with Crippen molar-refractivity contribution in [2.75, 3.05) is 0 Å². The van der Waals surface area contributed by atoms with Crippen LogP contribution in [0.15, 0.2) is 101 Å².